The van der Waals surface area contributed by atoms with Gasteiger partial charge in [-0.1, -0.05) is 11.6 Å². The Kier molecular flexibility index (Phi) is 4.26. The molecule has 0 aliphatic heterocycles. The van der Waals surface area contributed by atoms with E-state index in [2.05, 4.69) is 15.0 Å². The Morgan fingerprint density at radius 3 is 2.62 bits per heavy atom. The van der Waals surface area contributed by atoms with Crippen molar-refractivity contribution in [2.75, 3.05) is 12.8 Å². The molecule has 2 rings (SSSR count). The summed E-state index contributed by atoms with van der Waals surface area (Å²) < 4.78 is 36.9. The Bertz CT molecular complexity index is 866. The van der Waals surface area contributed by atoms with E-state index in [1.165, 1.54) is 0 Å². The number of nitrogens with zero attached hydrogens (tertiary/aromatic N) is 2. The molecule has 0 unspecified atom stereocenters. The summed E-state index contributed by atoms with van der Waals surface area (Å²) in [7, 11) is -3.79. The molecule has 0 amide bonds. The van der Waals surface area contributed by atoms with Crippen LogP contribution in [0.5, 0.6) is 0 Å². The smallest absolute Gasteiger partial charge is 0.261 e. The molecule has 0 aliphatic rings. The first-order valence-electron chi connectivity index (χ1n) is 5.93. The van der Waals surface area contributed by atoms with Crippen molar-refractivity contribution in [1.29, 1.82) is 0 Å². The van der Waals surface area contributed by atoms with E-state index in [0.29, 0.717) is 19.4 Å². The zero-order valence-corrected chi connectivity index (χ0v) is 12.6. The number of aromatic nitrogens is 3. The van der Waals surface area contributed by atoms with Gasteiger partial charge in [0.1, 0.15) is 5.52 Å². The van der Waals surface area contributed by atoms with Crippen molar-refractivity contribution in [3.63, 3.8) is 0 Å². The minimum absolute atomic E-state index is 0.113. The van der Waals surface area contributed by atoms with E-state index in [0.717, 1.165) is 6.26 Å². The van der Waals surface area contributed by atoms with E-state index in [-0.39, 0.29) is 11.1 Å². The van der Waals surface area contributed by atoms with Crippen LogP contribution >= 0.6 is 11.6 Å². The predicted molar refractivity (Wildman–Crippen MR) is 75.6 cm³/mol. The third-order valence-electron chi connectivity index (χ3n) is 2.78. The lowest BCUT2D eigenvalue weighted by molar-refractivity contribution is 0.591. The van der Waals surface area contributed by atoms with Gasteiger partial charge in [-0.3, -0.25) is 9.78 Å². The highest BCUT2D eigenvalue weighted by atomic mass is 35.5. The standard InChI is InChI=1S/C11H12ClFN4O3S/c1-21(19,20)11-16-8-6(10(18)17-11)5(3-2-4-14)15-9(12)7(8)13/h2-4,14H2,1H3,(H,16,17,18). The van der Waals surface area contributed by atoms with E-state index in [1.54, 1.807) is 0 Å². The number of fused-ring (bicyclic) bond motifs is 1. The highest BCUT2D eigenvalue weighted by Gasteiger charge is 2.20. The number of hydrogen-bond acceptors (Lipinski definition) is 6. The number of aromatic amines is 1. The molecule has 3 N–H and O–H groups in total. The molecule has 7 nitrogen and oxygen atoms in total. The number of hydrogen-bond donors (Lipinski definition) is 2. The van der Waals surface area contributed by atoms with Crippen LogP contribution in [0.1, 0.15) is 12.1 Å². The summed E-state index contributed by atoms with van der Waals surface area (Å²) in [6, 6.07) is 0. The highest BCUT2D eigenvalue weighted by molar-refractivity contribution is 7.90. The van der Waals surface area contributed by atoms with Gasteiger partial charge < -0.3 is 5.73 Å². The monoisotopic (exact) mass is 334 g/mol. The summed E-state index contributed by atoms with van der Waals surface area (Å²) >= 11 is 5.67. The molecule has 0 saturated carbocycles. The van der Waals surface area contributed by atoms with Gasteiger partial charge in [-0.15, -0.1) is 0 Å². The van der Waals surface area contributed by atoms with E-state index >= 15 is 0 Å². The number of aryl methyl sites for hydroxylation is 1. The van der Waals surface area contributed by atoms with Gasteiger partial charge in [0.15, 0.2) is 11.0 Å². The van der Waals surface area contributed by atoms with Crippen molar-refractivity contribution in [2.24, 2.45) is 5.73 Å². The summed E-state index contributed by atoms with van der Waals surface area (Å²) in [4.78, 5) is 21.6. The van der Waals surface area contributed by atoms with E-state index in [9.17, 15) is 17.6 Å². The minimum atomic E-state index is -3.79. The molecule has 2 heterocycles. The van der Waals surface area contributed by atoms with Crippen LogP contribution < -0.4 is 11.3 Å². The molecule has 21 heavy (non-hydrogen) atoms. The largest absolute Gasteiger partial charge is 0.330 e. The Morgan fingerprint density at radius 1 is 1.38 bits per heavy atom. The van der Waals surface area contributed by atoms with Crippen molar-refractivity contribution in [2.45, 2.75) is 18.0 Å². The van der Waals surface area contributed by atoms with Crippen LogP contribution in [0.4, 0.5) is 4.39 Å². The molecule has 0 fully saturated rings. The highest BCUT2D eigenvalue weighted by Crippen LogP contribution is 2.23. The topological polar surface area (TPSA) is 119 Å². The van der Waals surface area contributed by atoms with E-state index < -0.39 is 37.0 Å². The molecule has 0 aromatic carbocycles. The number of pyridine rings is 1. The first-order chi connectivity index (χ1) is 9.75. The molecule has 0 radical (unpaired) electrons. The SMILES string of the molecule is CS(=O)(=O)c1nc2c(F)c(Cl)nc(CCCN)c2c(=O)[nH]1. The quantitative estimate of drug-likeness (QED) is 0.617. The van der Waals surface area contributed by atoms with Crippen LogP contribution in [0.25, 0.3) is 10.9 Å². The third-order valence-corrected chi connectivity index (χ3v) is 3.92. The zero-order valence-electron chi connectivity index (χ0n) is 11.0. The fraction of sp³-hybridized carbons (Fsp3) is 0.364. The van der Waals surface area contributed by atoms with Crippen molar-refractivity contribution >= 4 is 32.3 Å². The number of sulfone groups is 1. The average molecular weight is 335 g/mol. The van der Waals surface area contributed by atoms with Gasteiger partial charge in [0.25, 0.3) is 5.56 Å². The number of H-pyrrole nitrogens is 1. The van der Waals surface area contributed by atoms with Gasteiger partial charge in [-0.25, -0.2) is 22.8 Å². The van der Waals surface area contributed by atoms with Gasteiger partial charge in [0.05, 0.1) is 11.1 Å². The van der Waals surface area contributed by atoms with Crippen LogP contribution in [0.3, 0.4) is 0 Å². The molecule has 114 valence electrons. The zero-order chi connectivity index (χ0) is 15.8. The predicted octanol–water partition coefficient (Wildman–Crippen LogP) is 0.405. The van der Waals surface area contributed by atoms with Crippen LogP contribution in [-0.2, 0) is 16.3 Å². The third kappa shape index (κ3) is 3.04. The first-order valence-corrected chi connectivity index (χ1v) is 8.20. The Labute approximate surface area is 124 Å². The fourth-order valence-electron chi connectivity index (χ4n) is 1.83. The molecular formula is C11H12ClFN4O3S. The maximum atomic E-state index is 14.0. The lowest BCUT2D eigenvalue weighted by atomic mass is 10.1. The Hall–Kier alpha value is -1.58. The van der Waals surface area contributed by atoms with Gasteiger partial charge in [-0.05, 0) is 19.4 Å². The average Bonchev–Trinajstić information content (AvgIpc) is 2.39. The van der Waals surface area contributed by atoms with E-state index in [4.69, 9.17) is 17.3 Å². The maximum absolute atomic E-state index is 14.0. The number of rotatable bonds is 4. The van der Waals surface area contributed by atoms with Gasteiger partial charge >= 0.3 is 0 Å². The summed E-state index contributed by atoms with van der Waals surface area (Å²) in [6.45, 7) is 0.352. The lowest BCUT2D eigenvalue weighted by Crippen LogP contribution is -2.18. The molecule has 0 bridgehead atoms. The van der Waals surface area contributed by atoms with Gasteiger partial charge in [0.2, 0.25) is 15.0 Å². The fourth-order valence-corrected chi connectivity index (χ4v) is 2.55. The lowest BCUT2D eigenvalue weighted by Gasteiger charge is -2.07. The molecule has 2 aromatic heterocycles. The summed E-state index contributed by atoms with van der Waals surface area (Å²) in [5, 5.41) is -1.20. The summed E-state index contributed by atoms with van der Waals surface area (Å²) in [6.07, 6.45) is 1.67. The van der Waals surface area contributed by atoms with Crippen LogP contribution in [0.2, 0.25) is 5.15 Å². The molecular weight excluding hydrogens is 323 g/mol. The number of nitrogens with two attached hydrogens (primary N) is 1. The van der Waals surface area contributed by atoms with Crippen molar-refractivity contribution < 1.29 is 12.8 Å². The minimum Gasteiger partial charge on any atom is -0.330 e. The number of nitrogens with one attached hydrogen (secondary N) is 1. The maximum Gasteiger partial charge on any atom is 0.261 e. The molecule has 2 aromatic rings. The molecule has 10 heteroatoms. The van der Waals surface area contributed by atoms with Gasteiger partial charge in [-0.2, -0.15) is 0 Å². The van der Waals surface area contributed by atoms with E-state index in [1.807, 2.05) is 0 Å². The second-order valence-corrected chi connectivity index (χ2v) is 6.71. The van der Waals surface area contributed by atoms with Crippen LogP contribution in [-0.4, -0.2) is 36.2 Å². The second kappa shape index (κ2) is 5.66. The van der Waals surface area contributed by atoms with Crippen LogP contribution in [0.15, 0.2) is 9.95 Å². The number of halogens is 2. The van der Waals surface area contributed by atoms with Crippen molar-refractivity contribution in [3.8, 4) is 0 Å². The van der Waals surface area contributed by atoms with Crippen molar-refractivity contribution in [1.82, 2.24) is 15.0 Å². The Balaban J connectivity index is 2.87. The van der Waals surface area contributed by atoms with Crippen LogP contribution in [0, 0.1) is 5.82 Å². The van der Waals surface area contributed by atoms with Gasteiger partial charge in [0, 0.05) is 6.26 Å². The second-order valence-electron chi connectivity index (χ2n) is 4.42. The normalized spacial score (nSPS) is 12.0. The molecule has 0 aliphatic carbocycles. The molecule has 0 atom stereocenters. The molecule has 0 spiro atoms. The molecule has 0 saturated heterocycles. The summed E-state index contributed by atoms with van der Waals surface area (Å²) in [5.74, 6) is -1.03. The Morgan fingerprint density at radius 2 is 2.05 bits per heavy atom. The van der Waals surface area contributed by atoms with Crippen molar-refractivity contribution in [3.05, 3.63) is 27.0 Å². The summed E-state index contributed by atoms with van der Waals surface area (Å²) in [5.41, 5.74) is 4.43. The first kappa shape index (κ1) is 15.8.